The summed E-state index contributed by atoms with van der Waals surface area (Å²) in [7, 11) is 0. The average Bonchev–Trinajstić information content (AvgIpc) is 3.18. The van der Waals surface area contributed by atoms with Crippen LogP contribution in [0, 0.1) is 11.8 Å². The van der Waals surface area contributed by atoms with Gasteiger partial charge in [0.05, 0.1) is 36.4 Å². The molecule has 0 aromatic heterocycles. The van der Waals surface area contributed by atoms with E-state index in [1.807, 2.05) is 0 Å². The second-order valence-electron chi connectivity index (χ2n) is 8.82. The molecule has 3 heterocycles. The molecule has 35 heavy (non-hydrogen) atoms. The molecular weight excluding hydrogens is 533 g/mol. The Morgan fingerprint density at radius 1 is 1.20 bits per heavy atom. The highest BCUT2D eigenvalue weighted by molar-refractivity contribution is 9.10. The van der Waals surface area contributed by atoms with Crippen molar-refractivity contribution in [2.45, 2.75) is 31.6 Å². The lowest BCUT2D eigenvalue weighted by molar-refractivity contribution is -0.154. The molecule has 2 fully saturated rings. The van der Waals surface area contributed by atoms with E-state index in [4.69, 9.17) is 9.47 Å². The number of hydrogen-bond acceptors (Lipinski definition) is 5. The molecule has 2 aromatic carbocycles. The maximum absolute atomic E-state index is 13.8. The second kappa shape index (κ2) is 7.97. The average molecular weight is 553 g/mol. The van der Waals surface area contributed by atoms with Crippen LogP contribution in [0.5, 0.6) is 5.75 Å². The summed E-state index contributed by atoms with van der Waals surface area (Å²) in [6.07, 6.45) is -4.56. The van der Waals surface area contributed by atoms with E-state index < -0.39 is 53.1 Å². The van der Waals surface area contributed by atoms with Crippen LogP contribution in [0.15, 0.2) is 46.9 Å². The zero-order valence-electron chi connectivity index (χ0n) is 18.6. The number of hydrogen-bond donors (Lipinski definition) is 0. The predicted molar refractivity (Wildman–Crippen MR) is 121 cm³/mol. The van der Waals surface area contributed by atoms with Crippen LogP contribution in [0.25, 0.3) is 0 Å². The van der Waals surface area contributed by atoms with Crippen LogP contribution in [0.3, 0.4) is 0 Å². The van der Waals surface area contributed by atoms with Gasteiger partial charge in [-0.15, -0.1) is 0 Å². The van der Waals surface area contributed by atoms with E-state index in [2.05, 4.69) is 15.9 Å². The Morgan fingerprint density at radius 3 is 2.51 bits per heavy atom. The number of carbonyl (C=O) groups is 3. The number of amides is 3. The fraction of sp³-hybridized carbons (Fsp3) is 0.375. The van der Waals surface area contributed by atoms with Gasteiger partial charge >= 0.3 is 18.2 Å². The molecule has 0 spiro atoms. The molecule has 184 valence electrons. The molecule has 2 saturated heterocycles. The van der Waals surface area contributed by atoms with Crippen molar-refractivity contribution in [3.05, 3.63) is 58.1 Å². The zero-order valence-corrected chi connectivity index (χ0v) is 20.2. The van der Waals surface area contributed by atoms with Gasteiger partial charge in [-0.25, -0.2) is 9.69 Å². The number of ether oxygens (including phenoxy) is 2. The van der Waals surface area contributed by atoms with Gasteiger partial charge in [-0.1, -0.05) is 15.9 Å². The predicted octanol–water partition coefficient (Wildman–Crippen LogP) is 4.94. The number of rotatable bonds is 3. The Balaban J connectivity index is 1.64. The van der Waals surface area contributed by atoms with Gasteiger partial charge < -0.3 is 14.4 Å². The van der Waals surface area contributed by atoms with Crippen molar-refractivity contribution in [3.63, 3.8) is 0 Å². The molecular formula is C24H20BrF3N2O5. The van der Waals surface area contributed by atoms with E-state index in [0.29, 0.717) is 11.3 Å². The van der Waals surface area contributed by atoms with Gasteiger partial charge in [0.25, 0.3) is 5.91 Å². The first-order valence-electron chi connectivity index (χ1n) is 10.9. The van der Waals surface area contributed by atoms with E-state index >= 15 is 0 Å². The number of benzene rings is 2. The third-order valence-electron chi connectivity index (χ3n) is 6.97. The van der Waals surface area contributed by atoms with E-state index in [9.17, 15) is 27.6 Å². The first kappa shape index (κ1) is 23.7. The summed E-state index contributed by atoms with van der Waals surface area (Å²) < 4.78 is 51.1. The van der Waals surface area contributed by atoms with Crippen molar-refractivity contribution < 1.29 is 37.0 Å². The number of imide groups is 1. The molecule has 0 radical (unpaired) electrons. The molecule has 3 aliphatic rings. The lowest BCUT2D eigenvalue weighted by Crippen LogP contribution is -2.51. The molecule has 2 aromatic rings. The molecule has 11 heteroatoms. The second-order valence-corrected chi connectivity index (χ2v) is 9.73. The van der Waals surface area contributed by atoms with Gasteiger partial charge in [0.2, 0.25) is 0 Å². The minimum Gasteiger partial charge on any atom is -0.493 e. The number of nitrogens with zero attached hydrogens (tertiary/aromatic N) is 2. The standard InChI is InChI=1S/C24H20BrF3N2O5/c1-3-34-20(31)18-16-11-35-17-9-6-13(25)10-15(17)19(16)30-22(33)29(21(32)23(18,30)2)14-7-4-12(5-8-14)24(26,27)28/h4-10,16,18-19H,3,11H2,1-2H3/t16-,18+,19+,23-/m1/s1. The molecule has 0 unspecified atom stereocenters. The Morgan fingerprint density at radius 2 is 1.89 bits per heavy atom. The minimum absolute atomic E-state index is 0.00990. The number of halogens is 4. The van der Waals surface area contributed by atoms with Crippen LogP contribution in [0.2, 0.25) is 0 Å². The Bertz CT molecular complexity index is 1230. The molecule has 5 rings (SSSR count). The highest BCUT2D eigenvalue weighted by Crippen LogP contribution is 2.58. The molecule has 4 atom stereocenters. The molecule has 0 bridgehead atoms. The molecule has 7 nitrogen and oxygen atoms in total. The smallest absolute Gasteiger partial charge is 0.416 e. The Kier molecular flexibility index (Phi) is 5.39. The maximum Gasteiger partial charge on any atom is 0.416 e. The SMILES string of the molecule is CCOC(=O)[C@@H]1[C@H]2COc3ccc(Br)cc3[C@@H]2N2C(=O)N(c3ccc(C(F)(F)F)cc3)C(=O)[C@@]12C. The molecule has 3 amide bonds. The summed E-state index contributed by atoms with van der Waals surface area (Å²) in [5.74, 6) is -2.40. The van der Waals surface area contributed by atoms with Gasteiger partial charge in [-0.2, -0.15) is 13.2 Å². The maximum atomic E-state index is 13.8. The number of urea groups is 1. The molecule has 0 aliphatic carbocycles. The van der Waals surface area contributed by atoms with Gasteiger partial charge in [0.1, 0.15) is 11.3 Å². The lowest BCUT2D eigenvalue weighted by atomic mass is 9.77. The van der Waals surface area contributed by atoms with Gasteiger partial charge in [0, 0.05) is 16.0 Å². The normalized spacial score (nSPS) is 27.3. The zero-order chi connectivity index (χ0) is 25.3. The lowest BCUT2D eigenvalue weighted by Gasteiger charge is -2.34. The number of carbonyl (C=O) groups excluding carboxylic acids is 3. The highest BCUT2D eigenvalue weighted by atomic mass is 79.9. The third kappa shape index (κ3) is 3.35. The van der Waals surface area contributed by atoms with Crippen LogP contribution >= 0.6 is 15.9 Å². The van der Waals surface area contributed by atoms with Crippen molar-refractivity contribution in [1.29, 1.82) is 0 Å². The number of fused-ring (bicyclic) bond motifs is 5. The Labute approximate surface area is 206 Å². The van der Waals surface area contributed by atoms with Gasteiger partial charge in [0.15, 0.2) is 0 Å². The summed E-state index contributed by atoms with van der Waals surface area (Å²) in [6.45, 7) is 3.32. The van der Waals surface area contributed by atoms with Crippen LogP contribution in [-0.4, -0.2) is 41.6 Å². The van der Waals surface area contributed by atoms with Crippen molar-refractivity contribution in [3.8, 4) is 5.75 Å². The minimum atomic E-state index is -4.56. The van der Waals surface area contributed by atoms with E-state index in [0.717, 1.165) is 33.6 Å². The van der Waals surface area contributed by atoms with Crippen molar-refractivity contribution >= 4 is 39.5 Å². The molecule has 3 aliphatic heterocycles. The van der Waals surface area contributed by atoms with Crippen molar-refractivity contribution in [2.24, 2.45) is 11.8 Å². The molecule has 0 saturated carbocycles. The first-order chi connectivity index (χ1) is 16.5. The first-order valence-corrected chi connectivity index (χ1v) is 11.7. The van der Waals surface area contributed by atoms with E-state index in [-0.39, 0.29) is 18.9 Å². The van der Waals surface area contributed by atoms with Gasteiger partial charge in [-0.3, -0.25) is 9.59 Å². The summed E-state index contributed by atoms with van der Waals surface area (Å²) >= 11 is 3.42. The van der Waals surface area contributed by atoms with Gasteiger partial charge in [-0.05, 0) is 56.3 Å². The topological polar surface area (TPSA) is 76.2 Å². The summed E-state index contributed by atoms with van der Waals surface area (Å²) in [4.78, 5) is 43.0. The van der Waals surface area contributed by atoms with E-state index in [1.165, 1.54) is 11.8 Å². The van der Waals surface area contributed by atoms with Crippen LogP contribution in [-0.2, 0) is 20.5 Å². The summed E-state index contributed by atoms with van der Waals surface area (Å²) in [5, 5.41) is 0. The van der Waals surface area contributed by atoms with Crippen molar-refractivity contribution in [2.75, 3.05) is 18.1 Å². The summed E-state index contributed by atoms with van der Waals surface area (Å²) in [5.41, 5.74) is -1.90. The van der Waals surface area contributed by atoms with Crippen LogP contribution < -0.4 is 9.64 Å². The third-order valence-corrected chi connectivity index (χ3v) is 7.46. The van der Waals surface area contributed by atoms with E-state index in [1.54, 1.807) is 25.1 Å². The largest absolute Gasteiger partial charge is 0.493 e. The monoisotopic (exact) mass is 552 g/mol. The summed E-state index contributed by atoms with van der Waals surface area (Å²) in [6, 6.07) is 7.69. The van der Waals surface area contributed by atoms with Crippen LogP contribution in [0.4, 0.5) is 23.7 Å². The fourth-order valence-corrected chi connectivity index (χ4v) is 5.87. The fourth-order valence-electron chi connectivity index (χ4n) is 5.49. The number of alkyl halides is 3. The highest BCUT2D eigenvalue weighted by Gasteiger charge is 2.72. The number of anilines is 1. The van der Waals surface area contributed by atoms with Crippen LogP contribution in [0.1, 0.15) is 31.0 Å². The Hall–Kier alpha value is -3.08. The van der Waals surface area contributed by atoms with Crippen molar-refractivity contribution in [1.82, 2.24) is 4.90 Å². The molecule has 0 N–H and O–H groups in total. The quantitative estimate of drug-likeness (QED) is 0.398. The number of esters is 1.